The van der Waals surface area contributed by atoms with Crippen LogP contribution >= 0.6 is 11.6 Å². The van der Waals surface area contributed by atoms with Gasteiger partial charge < -0.3 is 14.2 Å². The molecule has 35 heavy (non-hydrogen) atoms. The number of Topliss-reactive ketones (excluding diaryl/α,β-unsaturated/α-hetero) is 2. The lowest BCUT2D eigenvalue weighted by atomic mass is 10.0. The van der Waals surface area contributed by atoms with Crippen LogP contribution in [0.3, 0.4) is 0 Å². The molecule has 0 aliphatic heterocycles. The Bertz CT molecular complexity index is 1370. The third kappa shape index (κ3) is 5.97. The number of hydrogen-bond donors (Lipinski definition) is 0. The van der Waals surface area contributed by atoms with E-state index in [1.165, 1.54) is 0 Å². The van der Waals surface area contributed by atoms with Crippen molar-refractivity contribution in [3.8, 4) is 23.0 Å². The highest BCUT2D eigenvalue weighted by Gasteiger charge is 2.14. The zero-order chi connectivity index (χ0) is 24.8. The molecule has 0 aliphatic carbocycles. The fourth-order valence-electron chi connectivity index (χ4n) is 3.77. The highest BCUT2D eigenvalue weighted by Crippen LogP contribution is 2.36. The van der Waals surface area contributed by atoms with Crippen molar-refractivity contribution in [2.24, 2.45) is 0 Å². The maximum absolute atomic E-state index is 12.4. The highest BCUT2D eigenvalue weighted by molar-refractivity contribution is 6.31. The third-order valence-electron chi connectivity index (χ3n) is 5.50. The molecule has 6 nitrogen and oxygen atoms in total. The molecule has 4 rings (SSSR count). The second kappa shape index (κ2) is 11.0. The number of rotatable bonds is 10. The van der Waals surface area contributed by atoms with Crippen LogP contribution in [0.5, 0.6) is 23.0 Å². The van der Waals surface area contributed by atoms with Gasteiger partial charge in [-0.15, -0.1) is 0 Å². The van der Waals surface area contributed by atoms with Crippen LogP contribution < -0.4 is 14.2 Å². The lowest BCUT2D eigenvalue weighted by molar-refractivity contribution is -0.126. The molecule has 0 radical (unpaired) electrons. The van der Waals surface area contributed by atoms with Crippen LogP contribution in [0.1, 0.15) is 17.5 Å². The van der Waals surface area contributed by atoms with Crippen molar-refractivity contribution >= 4 is 34.1 Å². The summed E-state index contributed by atoms with van der Waals surface area (Å²) in [6.07, 6.45) is 1.85. The van der Waals surface area contributed by atoms with E-state index in [0.29, 0.717) is 33.5 Å². The van der Waals surface area contributed by atoms with Crippen LogP contribution in [0, 0.1) is 0 Å². The van der Waals surface area contributed by atoms with Gasteiger partial charge in [0.15, 0.2) is 11.5 Å². The van der Waals surface area contributed by atoms with Crippen molar-refractivity contribution < 1.29 is 23.8 Å². The van der Waals surface area contributed by atoms with Gasteiger partial charge in [-0.05, 0) is 41.5 Å². The quantitative estimate of drug-likeness (QED) is 0.254. The molecule has 0 bridgehead atoms. The number of ketones is 2. The molecule has 0 atom stereocenters. The van der Waals surface area contributed by atoms with Crippen LogP contribution in [-0.4, -0.2) is 30.8 Å². The number of pyridine rings is 1. The average molecular weight is 490 g/mol. The van der Waals surface area contributed by atoms with Gasteiger partial charge in [-0.1, -0.05) is 41.9 Å². The molecule has 0 amide bonds. The van der Waals surface area contributed by atoms with Crippen LogP contribution in [-0.2, 0) is 22.4 Å². The molecule has 0 saturated carbocycles. The van der Waals surface area contributed by atoms with E-state index in [9.17, 15) is 9.59 Å². The normalized spacial score (nSPS) is 10.7. The molecule has 0 aliphatic rings. The van der Waals surface area contributed by atoms with E-state index in [4.69, 9.17) is 25.8 Å². The molecule has 0 fully saturated rings. The number of fused-ring (bicyclic) bond motifs is 1. The minimum absolute atomic E-state index is 0.127. The molecular weight excluding hydrogens is 466 g/mol. The maximum atomic E-state index is 12.4. The third-order valence-corrected chi connectivity index (χ3v) is 5.87. The minimum atomic E-state index is -0.153. The summed E-state index contributed by atoms with van der Waals surface area (Å²) in [5.41, 5.74) is 2.25. The molecule has 1 aromatic heterocycles. The van der Waals surface area contributed by atoms with Crippen LogP contribution in [0.25, 0.3) is 10.9 Å². The van der Waals surface area contributed by atoms with Gasteiger partial charge in [0.05, 0.1) is 26.2 Å². The molecule has 4 aromatic rings. The first-order chi connectivity index (χ1) is 17.0. The second-order valence-corrected chi connectivity index (χ2v) is 8.39. The predicted octanol–water partition coefficient (Wildman–Crippen LogP) is 6.01. The first-order valence-corrected chi connectivity index (χ1v) is 11.4. The van der Waals surface area contributed by atoms with E-state index in [-0.39, 0.29) is 30.8 Å². The van der Waals surface area contributed by atoms with Crippen molar-refractivity contribution in [3.05, 3.63) is 89.1 Å². The van der Waals surface area contributed by atoms with Gasteiger partial charge in [-0.3, -0.25) is 14.6 Å². The highest BCUT2D eigenvalue weighted by atomic mass is 35.5. The molecular formula is C28H24ClNO5. The molecule has 0 N–H and O–H groups in total. The fraction of sp³-hybridized carbons (Fsp3) is 0.179. The van der Waals surface area contributed by atoms with E-state index in [1.54, 1.807) is 62.9 Å². The lowest BCUT2D eigenvalue weighted by Crippen LogP contribution is -2.12. The smallest absolute Gasteiger partial charge is 0.162 e. The van der Waals surface area contributed by atoms with Gasteiger partial charge in [0.2, 0.25) is 0 Å². The number of hydrogen-bond acceptors (Lipinski definition) is 6. The summed E-state index contributed by atoms with van der Waals surface area (Å²) in [5.74, 6) is 2.10. The van der Waals surface area contributed by atoms with Gasteiger partial charge in [0.1, 0.15) is 23.1 Å². The van der Waals surface area contributed by atoms with Crippen molar-refractivity contribution in [2.75, 3.05) is 14.2 Å². The summed E-state index contributed by atoms with van der Waals surface area (Å²) in [7, 11) is 3.15. The summed E-state index contributed by atoms with van der Waals surface area (Å²) >= 11 is 6.10. The monoisotopic (exact) mass is 489 g/mol. The molecule has 1 heterocycles. The van der Waals surface area contributed by atoms with Gasteiger partial charge in [0, 0.05) is 35.5 Å². The summed E-state index contributed by atoms with van der Waals surface area (Å²) in [4.78, 5) is 29.1. The Morgan fingerprint density at radius 1 is 0.829 bits per heavy atom. The van der Waals surface area contributed by atoms with E-state index in [2.05, 4.69) is 4.98 Å². The summed E-state index contributed by atoms with van der Waals surface area (Å²) in [5, 5.41) is 1.31. The van der Waals surface area contributed by atoms with Crippen molar-refractivity contribution in [3.63, 3.8) is 0 Å². The summed E-state index contributed by atoms with van der Waals surface area (Å²) < 4.78 is 16.8. The van der Waals surface area contributed by atoms with Crippen LogP contribution in [0.2, 0.25) is 5.02 Å². The predicted molar refractivity (Wildman–Crippen MR) is 135 cm³/mol. The Morgan fingerprint density at radius 3 is 2.23 bits per heavy atom. The SMILES string of the molecule is COc1cc2nccc(Oc3ccc(CC(=O)CC(=O)Cc4ccccc4Cl)cc3)c2cc1OC. The number of halogens is 1. The van der Waals surface area contributed by atoms with Crippen molar-refractivity contribution in [1.82, 2.24) is 4.98 Å². The number of benzene rings is 3. The standard InChI is InChI=1S/C28H24ClNO5/c1-33-27-16-23-25(17-28(27)34-2)30-12-11-26(23)35-22-9-7-18(8-10-22)13-20(31)15-21(32)14-19-5-3-4-6-24(19)29/h3-12,16-17H,13-15H2,1-2H3. The van der Waals surface area contributed by atoms with Crippen LogP contribution in [0.4, 0.5) is 0 Å². The number of aromatic nitrogens is 1. The molecule has 7 heteroatoms. The van der Waals surface area contributed by atoms with Gasteiger partial charge in [-0.25, -0.2) is 0 Å². The molecule has 0 unspecified atom stereocenters. The lowest BCUT2D eigenvalue weighted by Gasteiger charge is -2.12. The first kappa shape index (κ1) is 24.2. The fourth-order valence-corrected chi connectivity index (χ4v) is 3.97. The minimum Gasteiger partial charge on any atom is -0.493 e. The average Bonchev–Trinajstić information content (AvgIpc) is 2.86. The number of ether oxygens (including phenoxy) is 3. The summed E-state index contributed by atoms with van der Waals surface area (Å²) in [6, 6.07) is 19.8. The summed E-state index contributed by atoms with van der Waals surface area (Å²) in [6.45, 7) is 0. The number of methoxy groups -OCH3 is 2. The molecule has 0 spiro atoms. The Morgan fingerprint density at radius 2 is 1.51 bits per heavy atom. The van der Waals surface area contributed by atoms with Crippen molar-refractivity contribution in [2.45, 2.75) is 19.3 Å². The largest absolute Gasteiger partial charge is 0.493 e. The van der Waals surface area contributed by atoms with E-state index < -0.39 is 0 Å². The Hall–Kier alpha value is -3.90. The zero-order valence-corrected chi connectivity index (χ0v) is 20.2. The molecule has 0 saturated heterocycles. The van der Waals surface area contributed by atoms with Crippen molar-refractivity contribution in [1.29, 1.82) is 0 Å². The first-order valence-electron chi connectivity index (χ1n) is 11.0. The van der Waals surface area contributed by atoms with E-state index >= 15 is 0 Å². The van der Waals surface area contributed by atoms with E-state index in [1.807, 2.05) is 24.3 Å². The maximum Gasteiger partial charge on any atom is 0.162 e. The molecule has 178 valence electrons. The zero-order valence-electron chi connectivity index (χ0n) is 19.4. The topological polar surface area (TPSA) is 74.7 Å². The Kier molecular flexibility index (Phi) is 7.63. The van der Waals surface area contributed by atoms with Gasteiger partial charge in [0.25, 0.3) is 0 Å². The van der Waals surface area contributed by atoms with E-state index in [0.717, 1.165) is 16.5 Å². The number of carbonyl (C=O) groups excluding carboxylic acids is 2. The van der Waals surface area contributed by atoms with Gasteiger partial charge >= 0.3 is 0 Å². The Labute approximate surface area is 208 Å². The van der Waals surface area contributed by atoms with Gasteiger partial charge in [-0.2, -0.15) is 0 Å². The number of nitrogens with zero attached hydrogens (tertiary/aromatic N) is 1. The number of carbonyl (C=O) groups is 2. The molecule has 3 aromatic carbocycles. The second-order valence-electron chi connectivity index (χ2n) is 7.98. The van der Waals surface area contributed by atoms with Crippen LogP contribution in [0.15, 0.2) is 72.9 Å². The Balaban J connectivity index is 1.40.